The Labute approximate surface area is 146 Å². The summed E-state index contributed by atoms with van der Waals surface area (Å²) in [5, 5.41) is 2.74. The van der Waals surface area contributed by atoms with E-state index < -0.39 is 31.4 Å². The fourth-order valence-electron chi connectivity index (χ4n) is 2.11. The van der Waals surface area contributed by atoms with Crippen LogP contribution in [0, 0.1) is 5.82 Å². The van der Waals surface area contributed by atoms with E-state index in [0.717, 1.165) is 37.4 Å². The quantitative estimate of drug-likeness (QED) is 0.630. The minimum Gasteiger partial charge on any atom is -0.465 e. The number of sulfone groups is 1. The molecule has 2 rings (SSSR count). The number of carbonyl (C=O) groups excluding carboxylic acids is 1. The van der Waals surface area contributed by atoms with Crippen molar-refractivity contribution in [3.05, 3.63) is 71.0 Å². The highest BCUT2D eigenvalue weighted by Crippen LogP contribution is 2.23. The number of ether oxygens (including phenoxy) is 1. The predicted octanol–water partition coefficient (Wildman–Crippen LogP) is 3.29. The Morgan fingerprint density at radius 3 is 2.36 bits per heavy atom. The molecule has 0 saturated carbocycles. The summed E-state index contributed by atoms with van der Waals surface area (Å²) < 4.78 is 43.7. The SMILES string of the molecule is CCc1ccc(NC=C(C(=O)OC)S(=O)(=O)c2ccccc2F)cc1. The number of rotatable bonds is 6. The molecule has 0 aromatic heterocycles. The number of aryl methyl sites for hydroxylation is 1. The van der Waals surface area contributed by atoms with Crippen LogP contribution in [0.5, 0.6) is 0 Å². The van der Waals surface area contributed by atoms with Gasteiger partial charge in [0.2, 0.25) is 9.84 Å². The molecule has 0 heterocycles. The lowest BCUT2D eigenvalue weighted by molar-refractivity contribution is -0.135. The first kappa shape index (κ1) is 18.7. The fourth-order valence-corrected chi connectivity index (χ4v) is 3.45. The Bertz CT molecular complexity index is 890. The van der Waals surface area contributed by atoms with Crippen molar-refractivity contribution in [2.45, 2.75) is 18.2 Å². The van der Waals surface area contributed by atoms with Crippen LogP contribution < -0.4 is 5.32 Å². The van der Waals surface area contributed by atoms with Crippen molar-refractivity contribution in [2.24, 2.45) is 0 Å². The van der Waals surface area contributed by atoms with Gasteiger partial charge in [-0.3, -0.25) is 0 Å². The van der Waals surface area contributed by atoms with Gasteiger partial charge in [-0.15, -0.1) is 0 Å². The van der Waals surface area contributed by atoms with Gasteiger partial charge in [0.1, 0.15) is 10.7 Å². The average Bonchev–Trinajstić information content (AvgIpc) is 2.62. The zero-order valence-electron chi connectivity index (χ0n) is 13.8. The molecule has 0 radical (unpaired) electrons. The third kappa shape index (κ3) is 4.24. The summed E-state index contributed by atoms with van der Waals surface area (Å²) in [4.78, 5) is 10.7. The number of anilines is 1. The van der Waals surface area contributed by atoms with Crippen LogP contribution in [0.4, 0.5) is 10.1 Å². The van der Waals surface area contributed by atoms with Crippen LogP contribution in [0.15, 0.2) is 64.5 Å². The van der Waals surface area contributed by atoms with E-state index in [2.05, 4.69) is 10.1 Å². The predicted molar refractivity (Wildman–Crippen MR) is 93.1 cm³/mol. The molecule has 132 valence electrons. The van der Waals surface area contributed by atoms with Crippen LogP contribution in [-0.2, 0) is 25.8 Å². The van der Waals surface area contributed by atoms with Gasteiger partial charge in [-0.05, 0) is 36.2 Å². The Morgan fingerprint density at radius 2 is 1.80 bits per heavy atom. The monoisotopic (exact) mass is 363 g/mol. The molecule has 0 amide bonds. The first-order valence-electron chi connectivity index (χ1n) is 7.53. The van der Waals surface area contributed by atoms with Crippen LogP contribution in [0.1, 0.15) is 12.5 Å². The summed E-state index contributed by atoms with van der Waals surface area (Å²) in [6.07, 6.45) is 1.87. The molecular weight excluding hydrogens is 345 g/mol. The minimum absolute atomic E-state index is 0.585. The molecule has 2 aromatic carbocycles. The molecule has 0 fully saturated rings. The van der Waals surface area contributed by atoms with Crippen LogP contribution in [0.25, 0.3) is 0 Å². The molecule has 0 spiro atoms. The number of carbonyl (C=O) groups is 1. The second-order valence-electron chi connectivity index (χ2n) is 5.13. The van der Waals surface area contributed by atoms with Gasteiger partial charge in [-0.25, -0.2) is 17.6 Å². The van der Waals surface area contributed by atoms with E-state index in [4.69, 9.17) is 0 Å². The molecule has 0 saturated heterocycles. The van der Waals surface area contributed by atoms with Crippen LogP contribution in [0.3, 0.4) is 0 Å². The van der Waals surface area contributed by atoms with Crippen molar-refractivity contribution in [1.82, 2.24) is 0 Å². The summed E-state index contributed by atoms with van der Waals surface area (Å²) in [7, 11) is -3.32. The molecule has 25 heavy (non-hydrogen) atoms. The third-order valence-electron chi connectivity index (χ3n) is 3.53. The molecule has 1 N–H and O–H groups in total. The molecular formula is C18H18FNO4S. The lowest BCUT2D eigenvalue weighted by Crippen LogP contribution is -2.17. The summed E-state index contributed by atoms with van der Waals surface area (Å²) in [5.41, 5.74) is 1.70. The van der Waals surface area contributed by atoms with Gasteiger partial charge in [0.05, 0.1) is 7.11 Å². The van der Waals surface area contributed by atoms with Gasteiger partial charge in [0.25, 0.3) is 0 Å². The van der Waals surface area contributed by atoms with Gasteiger partial charge >= 0.3 is 5.97 Å². The maximum atomic E-state index is 13.9. The van der Waals surface area contributed by atoms with Gasteiger partial charge in [-0.2, -0.15) is 0 Å². The Balaban J connectivity index is 2.41. The Kier molecular flexibility index (Phi) is 5.93. The molecule has 0 aliphatic rings. The lowest BCUT2D eigenvalue weighted by Gasteiger charge is -2.09. The van der Waals surface area contributed by atoms with E-state index in [1.165, 1.54) is 12.1 Å². The van der Waals surface area contributed by atoms with Crippen LogP contribution in [0.2, 0.25) is 0 Å². The average molecular weight is 363 g/mol. The van der Waals surface area contributed by atoms with E-state index in [1.807, 2.05) is 19.1 Å². The van der Waals surface area contributed by atoms with Crippen molar-refractivity contribution in [2.75, 3.05) is 12.4 Å². The standard InChI is InChI=1S/C18H18FNO4S/c1-3-13-8-10-14(11-9-13)20-12-17(18(21)24-2)25(22,23)16-7-5-4-6-15(16)19/h4-12,20H,3H2,1-2H3. The van der Waals surface area contributed by atoms with E-state index in [1.54, 1.807) is 12.1 Å². The number of benzene rings is 2. The minimum atomic E-state index is -4.38. The smallest absolute Gasteiger partial charge is 0.351 e. The van der Waals surface area contributed by atoms with Crippen molar-refractivity contribution in [3.63, 3.8) is 0 Å². The van der Waals surface area contributed by atoms with Gasteiger partial charge in [0.15, 0.2) is 4.91 Å². The number of esters is 1. The number of halogens is 1. The lowest BCUT2D eigenvalue weighted by atomic mass is 10.1. The fraction of sp³-hybridized carbons (Fsp3) is 0.167. The van der Waals surface area contributed by atoms with Gasteiger partial charge in [0, 0.05) is 11.9 Å². The molecule has 2 aromatic rings. The summed E-state index contributed by atoms with van der Waals surface area (Å²) in [6, 6.07) is 12.1. The summed E-state index contributed by atoms with van der Waals surface area (Å²) in [5.74, 6) is -2.02. The molecule has 0 aliphatic carbocycles. The second-order valence-corrected chi connectivity index (χ2v) is 7.02. The first-order valence-corrected chi connectivity index (χ1v) is 9.02. The van der Waals surface area contributed by atoms with E-state index in [0.29, 0.717) is 5.69 Å². The Morgan fingerprint density at radius 1 is 1.16 bits per heavy atom. The highest BCUT2D eigenvalue weighted by molar-refractivity contribution is 7.96. The molecule has 0 unspecified atom stereocenters. The maximum Gasteiger partial charge on any atom is 0.351 e. The van der Waals surface area contributed by atoms with Crippen molar-refractivity contribution < 1.29 is 22.3 Å². The normalized spacial score (nSPS) is 11.9. The topological polar surface area (TPSA) is 72.5 Å². The molecule has 5 nitrogen and oxygen atoms in total. The number of hydrogen-bond acceptors (Lipinski definition) is 5. The molecule has 0 atom stereocenters. The highest BCUT2D eigenvalue weighted by Gasteiger charge is 2.30. The maximum absolute atomic E-state index is 13.9. The van der Waals surface area contributed by atoms with E-state index in [9.17, 15) is 17.6 Å². The van der Waals surface area contributed by atoms with E-state index in [-0.39, 0.29) is 0 Å². The summed E-state index contributed by atoms with van der Waals surface area (Å²) in [6.45, 7) is 2.01. The van der Waals surface area contributed by atoms with Crippen LogP contribution >= 0.6 is 0 Å². The van der Waals surface area contributed by atoms with Crippen molar-refractivity contribution in [3.8, 4) is 0 Å². The summed E-state index contributed by atoms with van der Waals surface area (Å²) >= 11 is 0. The number of nitrogens with one attached hydrogen (secondary N) is 1. The number of methoxy groups -OCH3 is 1. The molecule has 0 aliphatic heterocycles. The van der Waals surface area contributed by atoms with Crippen LogP contribution in [-0.4, -0.2) is 21.5 Å². The van der Waals surface area contributed by atoms with Gasteiger partial charge < -0.3 is 10.1 Å². The highest BCUT2D eigenvalue weighted by atomic mass is 32.2. The largest absolute Gasteiger partial charge is 0.465 e. The van der Waals surface area contributed by atoms with Crippen molar-refractivity contribution in [1.29, 1.82) is 0 Å². The molecule has 0 bridgehead atoms. The Hall–Kier alpha value is -2.67. The second kappa shape index (κ2) is 7.94. The van der Waals surface area contributed by atoms with Gasteiger partial charge in [-0.1, -0.05) is 31.2 Å². The van der Waals surface area contributed by atoms with Crippen molar-refractivity contribution >= 4 is 21.5 Å². The zero-order chi connectivity index (χ0) is 18.4. The first-order chi connectivity index (χ1) is 11.9. The van der Waals surface area contributed by atoms with E-state index >= 15 is 0 Å². The third-order valence-corrected chi connectivity index (χ3v) is 5.31. The number of hydrogen-bond donors (Lipinski definition) is 1. The molecule has 7 heteroatoms. The zero-order valence-corrected chi connectivity index (χ0v) is 14.6.